The highest BCUT2D eigenvalue weighted by Gasteiger charge is 2.53. The van der Waals surface area contributed by atoms with Crippen molar-refractivity contribution in [2.75, 3.05) is 6.61 Å². The molecule has 2 atom stereocenters. The van der Waals surface area contributed by atoms with Gasteiger partial charge in [-0.25, -0.2) is 0 Å². The van der Waals surface area contributed by atoms with E-state index in [2.05, 4.69) is 0 Å². The third-order valence-corrected chi connectivity index (χ3v) is 5.02. The van der Waals surface area contributed by atoms with Gasteiger partial charge in [0.15, 0.2) is 11.7 Å². The molecule has 5 nitrogen and oxygen atoms in total. The standard InChI is InChI=1S/C20H18O5/c1-19(2)6-5-11-7-14-17(9-15(11)25-19)24-18-13-4-3-12(21)8-16(13)23-10-20(14,18)22/h3-9,18,21-22H,10H2,1-2H3/t18-,20-/m1/s1. The van der Waals surface area contributed by atoms with Gasteiger partial charge in [0.05, 0.1) is 0 Å². The van der Waals surface area contributed by atoms with Crippen molar-refractivity contribution in [2.45, 2.75) is 31.2 Å². The Morgan fingerprint density at radius 1 is 1.08 bits per heavy atom. The van der Waals surface area contributed by atoms with Gasteiger partial charge in [0, 0.05) is 28.8 Å². The first-order chi connectivity index (χ1) is 11.9. The fourth-order valence-corrected chi connectivity index (χ4v) is 3.73. The normalized spacial score (nSPS) is 27.1. The number of aromatic hydroxyl groups is 1. The van der Waals surface area contributed by atoms with E-state index in [-0.39, 0.29) is 18.0 Å². The van der Waals surface area contributed by atoms with E-state index in [1.54, 1.807) is 18.2 Å². The molecule has 0 amide bonds. The highest BCUT2D eigenvalue weighted by atomic mass is 16.5. The second-order valence-corrected chi connectivity index (χ2v) is 7.36. The van der Waals surface area contributed by atoms with Crippen LogP contribution in [0.2, 0.25) is 0 Å². The number of aliphatic hydroxyl groups is 1. The van der Waals surface area contributed by atoms with Crippen LogP contribution in [0.1, 0.15) is 36.6 Å². The van der Waals surface area contributed by atoms with Crippen molar-refractivity contribution in [1.29, 1.82) is 0 Å². The van der Waals surface area contributed by atoms with Crippen molar-refractivity contribution in [3.63, 3.8) is 0 Å². The molecule has 0 fully saturated rings. The fourth-order valence-electron chi connectivity index (χ4n) is 3.73. The van der Waals surface area contributed by atoms with Crippen LogP contribution < -0.4 is 14.2 Å². The first kappa shape index (κ1) is 14.7. The van der Waals surface area contributed by atoms with Gasteiger partial charge in [0.25, 0.3) is 0 Å². The molecule has 0 aromatic heterocycles. The molecule has 3 aliphatic rings. The summed E-state index contributed by atoms with van der Waals surface area (Å²) in [6.07, 6.45) is 3.42. The van der Waals surface area contributed by atoms with E-state index >= 15 is 0 Å². The zero-order valence-corrected chi connectivity index (χ0v) is 13.9. The van der Waals surface area contributed by atoms with E-state index in [1.807, 2.05) is 38.1 Å². The Balaban J connectivity index is 1.63. The molecule has 0 unspecified atom stereocenters. The molecule has 0 bridgehead atoms. The molecule has 2 aromatic carbocycles. The average Bonchev–Trinajstić information content (AvgIpc) is 2.84. The molecule has 2 N–H and O–H groups in total. The lowest BCUT2D eigenvalue weighted by Gasteiger charge is -2.35. The van der Waals surface area contributed by atoms with Gasteiger partial charge in [0.1, 0.15) is 35.2 Å². The molecule has 3 aliphatic heterocycles. The Hall–Kier alpha value is -2.66. The average molecular weight is 338 g/mol. The number of ether oxygens (including phenoxy) is 3. The summed E-state index contributed by atoms with van der Waals surface area (Å²) in [6, 6.07) is 8.59. The van der Waals surface area contributed by atoms with E-state index in [4.69, 9.17) is 14.2 Å². The minimum absolute atomic E-state index is 0.0654. The Bertz CT molecular complexity index is 930. The lowest BCUT2D eigenvalue weighted by atomic mass is 9.84. The largest absolute Gasteiger partial charge is 0.508 e. The third-order valence-electron chi connectivity index (χ3n) is 5.02. The monoisotopic (exact) mass is 338 g/mol. The number of phenols is 1. The van der Waals surface area contributed by atoms with Gasteiger partial charge < -0.3 is 24.4 Å². The number of rotatable bonds is 0. The summed E-state index contributed by atoms with van der Waals surface area (Å²) in [5.41, 5.74) is 0.680. The van der Waals surface area contributed by atoms with Crippen LogP contribution >= 0.6 is 0 Å². The van der Waals surface area contributed by atoms with Crippen LogP contribution in [0.15, 0.2) is 36.4 Å². The number of phenolic OH excluding ortho intramolecular Hbond substituents is 1. The molecule has 5 rings (SSSR count). The van der Waals surface area contributed by atoms with Crippen LogP contribution in [-0.4, -0.2) is 22.4 Å². The molecule has 0 saturated heterocycles. The zero-order chi connectivity index (χ0) is 17.4. The van der Waals surface area contributed by atoms with E-state index in [1.165, 1.54) is 0 Å². The molecule has 25 heavy (non-hydrogen) atoms. The molecular weight excluding hydrogens is 320 g/mol. The smallest absolute Gasteiger partial charge is 0.168 e. The predicted octanol–water partition coefficient (Wildman–Crippen LogP) is 3.29. The van der Waals surface area contributed by atoms with Gasteiger partial charge >= 0.3 is 0 Å². The Kier molecular flexibility index (Phi) is 2.63. The highest BCUT2D eigenvalue weighted by Crippen LogP contribution is 2.55. The Morgan fingerprint density at radius 2 is 1.92 bits per heavy atom. The predicted molar refractivity (Wildman–Crippen MR) is 91.1 cm³/mol. The van der Waals surface area contributed by atoms with Gasteiger partial charge in [-0.2, -0.15) is 0 Å². The summed E-state index contributed by atoms with van der Waals surface area (Å²) in [6.45, 7) is 4.05. The van der Waals surface area contributed by atoms with Gasteiger partial charge in [-0.15, -0.1) is 0 Å². The molecule has 0 aliphatic carbocycles. The lowest BCUT2D eigenvalue weighted by Crippen LogP contribution is -2.41. The Morgan fingerprint density at radius 3 is 2.76 bits per heavy atom. The molecule has 2 aromatic rings. The second-order valence-electron chi connectivity index (χ2n) is 7.36. The summed E-state index contributed by atoms with van der Waals surface area (Å²) in [5.74, 6) is 1.99. The summed E-state index contributed by atoms with van der Waals surface area (Å²) in [4.78, 5) is 0. The van der Waals surface area contributed by atoms with Crippen LogP contribution in [0.25, 0.3) is 6.08 Å². The van der Waals surface area contributed by atoms with E-state index in [9.17, 15) is 10.2 Å². The molecular formula is C20H18O5. The SMILES string of the molecule is CC1(C)C=Cc2cc3c(cc2O1)O[C@@H]1c2ccc(O)cc2OC[C@@]31O. The van der Waals surface area contributed by atoms with E-state index < -0.39 is 11.7 Å². The number of fused-ring (bicyclic) bond motifs is 6. The van der Waals surface area contributed by atoms with Gasteiger partial charge in [-0.1, -0.05) is 6.08 Å². The molecule has 3 heterocycles. The topological polar surface area (TPSA) is 68.2 Å². The number of hydrogen-bond donors (Lipinski definition) is 2. The minimum atomic E-state index is -1.27. The van der Waals surface area contributed by atoms with Crippen LogP contribution in [0, 0.1) is 0 Å². The van der Waals surface area contributed by atoms with Crippen LogP contribution in [0.3, 0.4) is 0 Å². The van der Waals surface area contributed by atoms with Crippen molar-refractivity contribution >= 4 is 6.08 Å². The highest BCUT2D eigenvalue weighted by molar-refractivity contribution is 5.66. The minimum Gasteiger partial charge on any atom is -0.508 e. The van der Waals surface area contributed by atoms with Crippen molar-refractivity contribution in [3.8, 4) is 23.0 Å². The third kappa shape index (κ3) is 1.99. The van der Waals surface area contributed by atoms with Crippen LogP contribution in [0.4, 0.5) is 0 Å². The maximum absolute atomic E-state index is 11.3. The fraction of sp³-hybridized carbons (Fsp3) is 0.300. The molecule has 0 spiro atoms. The zero-order valence-electron chi connectivity index (χ0n) is 13.9. The maximum atomic E-state index is 11.3. The van der Waals surface area contributed by atoms with Crippen molar-refractivity contribution in [1.82, 2.24) is 0 Å². The van der Waals surface area contributed by atoms with Crippen molar-refractivity contribution in [3.05, 3.63) is 53.1 Å². The van der Waals surface area contributed by atoms with Crippen molar-refractivity contribution < 1.29 is 24.4 Å². The lowest BCUT2D eigenvalue weighted by molar-refractivity contribution is -0.0864. The van der Waals surface area contributed by atoms with Crippen molar-refractivity contribution in [2.24, 2.45) is 0 Å². The molecule has 128 valence electrons. The molecule has 0 saturated carbocycles. The molecule has 5 heteroatoms. The second kappa shape index (κ2) is 4.49. The van der Waals surface area contributed by atoms with Gasteiger partial charge in [-0.3, -0.25) is 0 Å². The molecule has 0 radical (unpaired) electrons. The number of benzene rings is 2. The van der Waals surface area contributed by atoms with Crippen LogP contribution in [0.5, 0.6) is 23.0 Å². The first-order valence-corrected chi connectivity index (χ1v) is 8.27. The van der Waals surface area contributed by atoms with Gasteiger partial charge in [-0.05, 0) is 38.1 Å². The maximum Gasteiger partial charge on any atom is 0.168 e. The van der Waals surface area contributed by atoms with E-state index in [0.29, 0.717) is 17.1 Å². The van der Waals surface area contributed by atoms with E-state index in [0.717, 1.165) is 16.9 Å². The summed E-state index contributed by atoms with van der Waals surface area (Å²) < 4.78 is 17.8. The number of hydrogen-bond acceptors (Lipinski definition) is 5. The van der Waals surface area contributed by atoms with Crippen LogP contribution in [-0.2, 0) is 5.60 Å². The summed E-state index contributed by atoms with van der Waals surface area (Å²) in [5, 5.41) is 21.0. The van der Waals surface area contributed by atoms with Gasteiger partial charge in [0.2, 0.25) is 0 Å². The quantitative estimate of drug-likeness (QED) is 0.771. The Labute approximate surface area is 145 Å². The summed E-state index contributed by atoms with van der Waals surface area (Å²) in [7, 11) is 0. The summed E-state index contributed by atoms with van der Waals surface area (Å²) >= 11 is 0. The first-order valence-electron chi connectivity index (χ1n) is 8.27.